The van der Waals surface area contributed by atoms with Gasteiger partial charge in [0, 0.05) is 17.4 Å². The second kappa shape index (κ2) is 3.77. The number of rotatable bonds is 1. The monoisotopic (exact) mass is 193 g/mol. The van der Waals surface area contributed by atoms with Crippen molar-refractivity contribution >= 4 is 0 Å². The van der Waals surface area contributed by atoms with Gasteiger partial charge in [-0.3, -0.25) is 0 Å². The standard InChI is InChI=1S/C12H19NO/c1-9-3-4-10(2)13(9)11-5-7-12(14)8-6-11/h3-4,11-12,14H,5-8H2,1-2H3/t11-,12-. The lowest BCUT2D eigenvalue weighted by molar-refractivity contribution is 0.110. The Morgan fingerprint density at radius 3 is 2.07 bits per heavy atom. The van der Waals surface area contributed by atoms with E-state index in [9.17, 15) is 5.11 Å². The summed E-state index contributed by atoms with van der Waals surface area (Å²) in [7, 11) is 0. The lowest BCUT2D eigenvalue weighted by Crippen LogP contribution is -2.22. The predicted octanol–water partition coefficient (Wildman–Crippen LogP) is 2.58. The fourth-order valence-electron chi connectivity index (χ4n) is 2.57. The third-order valence-corrected chi connectivity index (χ3v) is 3.36. The van der Waals surface area contributed by atoms with Crippen molar-refractivity contribution in [2.45, 2.75) is 51.7 Å². The first-order valence-corrected chi connectivity index (χ1v) is 5.51. The molecule has 0 atom stereocenters. The van der Waals surface area contributed by atoms with E-state index in [2.05, 4.69) is 30.5 Å². The van der Waals surface area contributed by atoms with Gasteiger partial charge in [-0.15, -0.1) is 0 Å². The van der Waals surface area contributed by atoms with Gasteiger partial charge in [0.15, 0.2) is 0 Å². The van der Waals surface area contributed by atoms with E-state index in [1.807, 2.05) is 0 Å². The van der Waals surface area contributed by atoms with E-state index in [1.54, 1.807) is 0 Å². The van der Waals surface area contributed by atoms with Crippen LogP contribution in [0.3, 0.4) is 0 Å². The van der Waals surface area contributed by atoms with Gasteiger partial charge < -0.3 is 9.67 Å². The number of hydrogen-bond acceptors (Lipinski definition) is 1. The number of aromatic nitrogens is 1. The smallest absolute Gasteiger partial charge is 0.0541 e. The zero-order valence-corrected chi connectivity index (χ0v) is 9.03. The van der Waals surface area contributed by atoms with Gasteiger partial charge in [0.1, 0.15) is 0 Å². The lowest BCUT2D eigenvalue weighted by Gasteiger charge is -2.29. The Bertz CT molecular complexity index is 289. The lowest BCUT2D eigenvalue weighted by atomic mass is 9.92. The minimum Gasteiger partial charge on any atom is -0.393 e. The molecule has 0 aromatic carbocycles. The van der Waals surface area contributed by atoms with Crippen molar-refractivity contribution in [3.05, 3.63) is 23.5 Å². The van der Waals surface area contributed by atoms with Gasteiger partial charge in [-0.1, -0.05) is 0 Å². The van der Waals surface area contributed by atoms with Crippen molar-refractivity contribution in [2.75, 3.05) is 0 Å². The molecule has 1 aromatic rings. The van der Waals surface area contributed by atoms with Crippen LogP contribution >= 0.6 is 0 Å². The van der Waals surface area contributed by atoms with E-state index in [1.165, 1.54) is 11.4 Å². The molecule has 2 rings (SSSR count). The zero-order valence-electron chi connectivity index (χ0n) is 9.03. The van der Waals surface area contributed by atoms with E-state index < -0.39 is 0 Å². The van der Waals surface area contributed by atoms with Crippen molar-refractivity contribution in [3.63, 3.8) is 0 Å². The van der Waals surface area contributed by atoms with E-state index in [-0.39, 0.29) is 6.10 Å². The number of hydrogen-bond donors (Lipinski definition) is 1. The minimum atomic E-state index is -0.0533. The molecule has 0 saturated heterocycles. The van der Waals surface area contributed by atoms with Crippen LogP contribution in [0, 0.1) is 13.8 Å². The predicted molar refractivity (Wildman–Crippen MR) is 57.4 cm³/mol. The van der Waals surface area contributed by atoms with Crippen LogP contribution in [0.4, 0.5) is 0 Å². The first-order valence-electron chi connectivity index (χ1n) is 5.51. The maximum Gasteiger partial charge on any atom is 0.0541 e. The van der Waals surface area contributed by atoms with E-state index >= 15 is 0 Å². The third-order valence-electron chi connectivity index (χ3n) is 3.36. The molecule has 2 nitrogen and oxygen atoms in total. The van der Waals surface area contributed by atoms with E-state index in [0.29, 0.717) is 6.04 Å². The van der Waals surface area contributed by atoms with Crippen LogP contribution in [0.5, 0.6) is 0 Å². The Kier molecular flexibility index (Phi) is 2.64. The molecule has 78 valence electrons. The third kappa shape index (κ3) is 1.71. The summed E-state index contributed by atoms with van der Waals surface area (Å²) < 4.78 is 2.42. The van der Waals surface area contributed by atoms with Gasteiger partial charge in [0.25, 0.3) is 0 Å². The van der Waals surface area contributed by atoms with Gasteiger partial charge in [0.2, 0.25) is 0 Å². The topological polar surface area (TPSA) is 25.2 Å². The zero-order chi connectivity index (χ0) is 10.1. The molecular weight excluding hydrogens is 174 g/mol. The Labute approximate surface area is 85.6 Å². The number of aliphatic hydroxyl groups excluding tert-OH is 1. The molecule has 1 aromatic heterocycles. The summed E-state index contributed by atoms with van der Waals surface area (Å²) in [5.41, 5.74) is 2.70. The van der Waals surface area contributed by atoms with Crippen LogP contribution in [0.2, 0.25) is 0 Å². The Morgan fingerprint density at radius 2 is 1.57 bits per heavy atom. The highest BCUT2D eigenvalue weighted by Gasteiger charge is 2.21. The normalized spacial score (nSPS) is 27.9. The number of aliphatic hydroxyl groups is 1. The van der Waals surface area contributed by atoms with E-state index in [4.69, 9.17) is 0 Å². The van der Waals surface area contributed by atoms with Crippen LogP contribution in [-0.2, 0) is 0 Å². The van der Waals surface area contributed by atoms with Gasteiger partial charge in [-0.25, -0.2) is 0 Å². The molecule has 14 heavy (non-hydrogen) atoms. The first-order chi connectivity index (χ1) is 6.68. The number of aryl methyl sites for hydroxylation is 2. The van der Waals surface area contributed by atoms with E-state index in [0.717, 1.165) is 25.7 Å². The molecule has 1 aliphatic rings. The van der Waals surface area contributed by atoms with Gasteiger partial charge in [-0.2, -0.15) is 0 Å². The van der Waals surface area contributed by atoms with Gasteiger partial charge in [-0.05, 0) is 51.7 Å². The highest BCUT2D eigenvalue weighted by molar-refractivity contribution is 5.15. The summed E-state index contributed by atoms with van der Waals surface area (Å²) in [6.45, 7) is 4.33. The maximum atomic E-state index is 9.45. The summed E-state index contributed by atoms with van der Waals surface area (Å²) >= 11 is 0. The number of nitrogens with zero attached hydrogens (tertiary/aromatic N) is 1. The SMILES string of the molecule is Cc1ccc(C)n1[C@H]1CC[C@H](O)CC1. The molecule has 0 spiro atoms. The minimum absolute atomic E-state index is 0.0533. The molecule has 1 N–H and O–H groups in total. The average molecular weight is 193 g/mol. The molecule has 0 aliphatic heterocycles. The fraction of sp³-hybridized carbons (Fsp3) is 0.667. The molecule has 0 radical (unpaired) electrons. The van der Waals surface area contributed by atoms with Crippen molar-refractivity contribution in [1.29, 1.82) is 0 Å². The second-order valence-corrected chi connectivity index (χ2v) is 4.45. The van der Waals surface area contributed by atoms with Crippen molar-refractivity contribution in [3.8, 4) is 0 Å². The highest BCUT2D eigenvalue weighted by atomic mass is 16.3. The summed E-state index contributed by atoms with van der Waals surface area (Å²) in [6, 6.07) is 4.98. The molecule has 0 unspecified atom stereocenters. The molecular formula is C12H19NO. The van der Waals surface area contributed by atoms with Gasteiger partial charge in [0.05, 0.1) is 6.10 Å². The fourth-order valence-corrected chi connectivity index (χ4v) is 2.57. The van der Waals surface area contributed by atoms with Crippen LogP contribution in [0.25, 0.3) is 0 Å². The summed E-state index contributed by atoms with van der Waals surface area (Å²) in [4.78, 5) is 0. The molecule has 0 amide bonds. The highest BCUT2D eigenvalue weighted by Crippen LogP contribution is 2.30. The molecule has 1 heterocycles. The first kappa shape index (κ1) is 9.78. The Hall–Kier alpha value is -0.760. The molecule has 1 fully saturated rings. The maximum absolute atomic E-state index is 9.45. The molecule has 2 heteroatoms. The molecule has 1 saturated carbocycles. The van der Waals surface area contributed by atoms with Crippen LogP contribution < -0.4 is 0 Å². The quantitative estimate of drug-likeness (QED) is 0.728. The van der Waals surface area contributed by atoms with Crippen LogP contribution in [-0.4, -0.2) is 15.8 Å². The van der Waals surface area contributed by atoms with Crippen LogP contribution in [0.15, 0.2) is 12.1 Å². The second-order valence-electron chi connectivity index (χ2n) is 4.45. The largest absolute Gasteiger partial charge is 0.393 e. The molecule has 1 aliphatic carbocycles. The Morgan fingerprint density at radius 1 is 1.07 bits per heavy atom. The molecule has 0 bridgehead atoms. The summed E-state index contributed by atoms with van der Waals surface area (Å²) in [6.07, 6.45) is 4.11. The van der Waals surface area contributed by atoms with Gasteiger partial charge >= 0.3 is 0 Å². The average Bonchev–Trinajstić information content (AvgIpc) is 2.49. The van der Waals surface area contributed by atoms with Crippen molar-refractivity contribution in [1.82, 2.24) is 4.57 Å². The summed E-state index contributed by atoms with van der Waals surface area (Å²) in [5, 5.41) is 9.45. The Balaban J connectivity index is 2.15. The van der Waals surface area contributed by atoms with Crippen LogP contribution in [0.1, 0.15) is 43.1 Å². The van der Waals surface area contributed by atoms with Crippen molar-refractivity contribution in [2.24, 2.45) is 0 Å². The summed E-state index contributed by atoms with van der Waals surface area (Å²) in [5.74, 6) is 0. The van der Waals surface area contributed by atoms with Crippen molar-refractivity contribution < 1.29 is 5.11 Å².